The van der Waals surface area contributed by atoms with Crippen molar-refractivity contribution in [1.29, 1.82) is 0 Å². The molecule has 3 heteroatoms. The van der Waals surface area contributed by atoms with Crippen LogP contribution in [0.25, 0.3) is 11.3 Å². The summed E-state index contributed by atoms with van der Waals surface area (Å²) in [5.74, 6) is 0.813. The molecule has 0 saturated heterocycles. The highest BCUT2D eigenvalue weighted by Gasteiger charge is 2.02. The summed E-state index contributed by atoms with van der Waals surface area (Å²) < 4.78 is 0. The molecule has 0 aliphatic carbocycles. The van der Waals surface area contributed by atoms with Crippen LogP contribution in [0.15, 0.2) is 36.5 Å². The van der Waals surface area contributed by atoms with Gasteiger partial charge in [-0.2, -0.15) is 0 Å². The SMILES string of the molecule is CCCc1ccc(-c2ccnc(CCN)n2)cc1. The molecule has 2 rings (SSSR count). The van der Waals surface area contributed by atoms with E-state index >= 15 is 0 Å². The second-order valence-corrected chi connectivity index (χ2v) is 4.34. The van der Waals surface area contributed by atoms with Gasteiger partial charge in [-0.05, 0) is 24.6 Å². The summed E-state index contributed by atoms with van der Waals surface area (Å²) >= 11 is 0. The molecule has 0 atom stereocenters. The molecular weight excluding hydrogens is 222 g/mol. The maximum Gasteiger partial charge on any atom is 0.130 e. The highest BCUT2D eigenvalue weighted by atomic mass is 14.9. The van der Waals surface area contributed by atoms with E-state index in [2.05, 4.69) is 41.2 Å². The highest BCUT2D eigenvalue weighted by molar-refractivity contribution is 5.58. The molecule has 18 heavy (non-hydrogen) atoms. The maximum atomic E-state index is 5.52. The predicted molar refractivity (Wildman–Crippen MR) is 74.2 cm³/mol. The molecule has 0 amide bonds. The van der Waals surface area contributed by atoms with Crippen molar-refractivity contribution in [2.45, 2.75) is 26.2 Å². The fraction of sp³-hybridized carbons (Fsp3) is 0.333. The number of benzene rings is 1. The Morgan fingerprint density at radius 2 is 1.83 bits per heavy atom. The minimum absolute atomic E-state index is 0.582. The average molecular weight is 241 g/mol. The van der Waals surface area contributed by atoms with E-state index in [-0.39, 0.29) is 0 Å². The van der Waals surface area contributed by atoms with Gasteiger partial charge in [0.2, 0.25) is 0 Å². The standard InChI is InChI=1S/C15H19N3/c1-2-3-12-4-6-13(7-5-12)14-9-11-17-15(18-14)8-10-16/h4-7,9,11H,2-3,8,10,16H2,1H3. The minimum Gasteiger partial charge on any atom is -0.330 e. The second kappa shape index (κ2) is 6.26. The van der Waals surface area contributed by atoms with E-state index in [0.717, 1.165) is 29.9 Å². The van der Waals surface area contributed by atoms with Crippen LogP contribution in [0.1, 0.15) is 24.7 Å². The Hall–Kier alpha value is -1.74. The summed E-state index contributed by atoms with van der Waals surface area (Å²) in [5, 5.41) is 0. The Morgan fingerprint density at radius 1 is 1.06 bits per heavy atom. The fourth-order valence-electron chi connectivity index (χ4n) is 1.94. The van der Waals surface area contributed by atoms with Crippen molar-refractivity contribution < 1.29 is 0 Å². The molecule has 0 aliphatic heterocycles. The summed E-state index contributed by atoms with van der Waals surface area (Å²) in [5.41, 5.74) is 9.00. The Kier molecular flexibility index (Phi) is 4.42. The number of aryl methyl sites for hydroxylation is 1. The number of hydrogen-bond acceptors (Lipinski definition) is 3. The van der Waals surface area contributed by atoms with Gasteiger partial charge < -0.3 is 5.73 Å². The highest BCUT2D eigenvalue weighted by Crippen LogP contribution is 2.17. The van der Waals surface area contributed by atoms with E-state index in [4.69, 9.17) is 5.73 Å². The molecule has 0 fully saturated rings. The first-order valence-corrected chi connectivity index (χ1v) is 6.44. The van der Waals surface area contributed by atoms with E-state index in [0.29, 0.717) is 6.54 Å². The lowest BCUT2D eigenvalue weighted by atomic mass is 10.1. The topological polar surface area (TPSA) is 51.8 Å². The lowest BCUT2D eigenvalue weighted by Gasteiger charge is -2.04. The van der Waals surface area contributed by atoms with Crippen LogP contribution in [0.3, 0.4) is 0 Å². The summed E-state index contributed by atoms with van der Waals surface area (Å²) in [7, 11) is 0. The number of aromatic nitrogens is 2. The van der Waals surface area contributed by atoms with Gasteiger partial charge in [0.05, 0.1) is 5.69 Å². The Balaban J connectivity index is 2.22. The molecule has 2 N–H and O–H groups in total. The van der Waals surface area contributed by atoms with Crippen LogP contribution in [0.2, 0.25) is 0 Å². The van der Waals surface area contributed by atoms with Crippen molar-refractivity contribution in [1.82, 2.24) is 9.97 Å². The van der Waals surface area contributed by atoms with Crippen molar-refractivity contribution in [2.75, 3.05) is 6.54 Å². The smallest absolute Gasteiger partial charge is 0.130 e. The van der Waals surface area contributed by atoms with Gasteiger partial charge >= 0.3 is 0 Å². The largest absolute Gasteiger partial charge is 0.330 e. The monoisotopic (exact) mass is 241 g/mol. The quantitative estimate of drug-likeness (QED) is 0.875. The van der Waals surface area contributed by atoms with Gasteiger partial charge in [0.15, 0.2) is 0 Å². The molecule has 0 unspecified atom stereocenters. The lowest BCUT2D eigenvalue weighted by Crippen LogP contribution is -2.06. The van der Waals surface area contributed by atoms with Gasteiger partial charge in [-0.25, -0.2) is 9.97 Å². The zero-order valence-corrected chi connectivity index (χ0v) is 10.8. The number of rotatable bonds is 5. The fourth-order valence-corrected chi connectivity index (χ4v) is 1.94. The zero-order chi connectivity index (χ0) is 12.8. The van der Waals surface area contributed by atoms with Crippen LogP contribution in [0.5, 0.6) is 0 Å². The third kappa shape index (κ3) is 3.14. The summed E-state index contributed by atoms with van der Waals surface area (Å²) in [6.45, 7) is 2.77. The summed E-state index contributed by atoms with van der Waals surface area (Å²) in [6.07, 6.45) is 4.82. The zero-order valence-electron chi connectivity index (χ0n) is 10.8. The van der Waals surface area contributed by atoms with Crippen molar-refractivity contribution in [2.24, 2.45) is 5.73 Å². The van der Waals surface area contributed by atoms with Gasteiger partial charge in [0.25, 0.3) is 0 Å². The van der Waals surface area contributed by atoms with E-state index in [1.807, 2.05) is 6.07 Å². The van der Waals surface area contributed by atoms with E-state index in [9.17, 15) is 0 Å². The number of nitrogens with zero attached hydrogens (tertiary/aromatic N) is 2. The first-order valence-electron chi connectivity index (χ1n) is 6.44. The van der Waals surface area contributed by atoms with Gasteiger partial charge in [0.1, 0.15) is 5.82 Å². The first kappa shape index (κ1) is 12.7. The molecule has 1 aromatic carbocycles. The molecule has 94 valence electrons. The van der Waals surface area contributed by atoms with E-state index in [1.165, 1.54) is 12.0 Å². The molecule has 3 nitrogen and oxygen atoms in total. The Labute approximate surface area is 108 Å². The van der Waals surface area contributed by atoms with Gasteiger partial charge in [0, 0.05) is 18.2 Å². The lowest BCUT2D eigenvalue weighted by molar-refractivity contribution is 0.869. The van der Waals surface area contributed by atoms with Gasteiger partial charge in [-0.3, -0.25) is 0 Å². The van der Waals surface area contributed by atoms with Crippen molar-refractivity contribution in [3.8, 4) is 11.3 Å². The Morgan fingerprint density at radius 3 is 2.50 bits per heavy atom. The van der Waals surface area contributed by atoms with Crippen LogP contribution in [0, 0.1) is 0 Å². The second-order valence-electron chi connectivity index (χ2n) is 4.34. The van der Waals surface area contributed by atoms with Crippen molar-refractivity contribution in [3.63, 3.8) is 0 Å². The Bertz CT molecular complexity index is 491. The van der Waals surface area contributed by atoms with Crippen LogP contribution in [0.4, 0.5) is 0 Å². The number of hydrogen-bond donors (Lipinski definition) is 1. The number of nitrogens with two attached hydrogens (primary N) is 1. The predicted octanol–water partition coefficient (Wildman–Crippen LogP) is 2.60. The third-order valence-corrected chi connectivity index (χ3v) is 2.86. The van der Waals surface area contributed by atoms with Crippen LogP contribution >= 0.6 is 0 Å². The normalized spacial score (nSPS) is 10.6. The molecule has 0 spiro atoms. The molecule has 0 saturated carbocycles. The molecule has 0 radical (unpaired) electrons. The molecule has 1 aromatic heterocycles. The van der Waals surface area contributed by atoms with Crippen LogP contribution < -0.4 is 5.73 Å². The van der Waals surface area contributed by atoms with Gasteiger partial charge in [-0.1, -0.05) is 37.6 Å². The van der Waals surface area contributed by atoms with Crippen molar-refractivity contribution >= 4 is 0 Å². The summed E-state index contributed by atoms with van der Waals surface area (Å²) in [6, 6.07) is 10.5. The van der Waals surface area contributed by atoms with E-state index < -0.39 is 0 Å². The molecule has 1 heterocycles. The van der Waals surface area contributed by atoms with Crippen molar-refractivity contribution in [3.05, 3.63) is 47.9 Å². The third-order valence-electron chi connectivity index (χ3n) is 2.86. The first-order chi connectivity index (χ1) is 8.83. The maximum absolute atomic E-state index is 5.52. The molecule has 2 aromatic rings. The molecular formula is C15H19N3. The summed E-state index contributed by atoms with van der Waals surface area (Å²) in [4.78, 5) is 8.73. The minimum atomic E-state index is 0.582. The van der Waals surface area contributed by atoms with Gasteiger partial charge in [-0.15, -0.1) is 0 Å². The molecule has 0 bridgehead atoms. The van der Waals surface area contributed by atoms with Crippen LogP contribution in [-0.4, -0.2) is 16.5 Å². The average Bonchev–Trinajstić information content (AvgIpc) is 2.41. The molecule has 0 aliphatic rings. The van der Waals surface area contributed by atoms with Crippen LogP contribution in [-0.2, 0) is 12.8 Å². The van der Waals surface area contributed by atoms with E-state index in [1.54, 1.807) is 6.20 Å².